The van der Waals surface area contributed by atoms with Crippen LogP contribution < -0.4 is 5.32 Å². The number of carbonyl (C=O) groups excluding carboxylic acids is 1. The van der Waals surface area contributed by atoms with Crippen LogP contribution in [-0.4, -0.2) is 12.6 Å². The molecule has 0 spiro atoms. The standard InChI is InChI=1S/C15H12N4O2/c1-3-21-15(20)12-6-4-5-10(2)14(12)19-13(9-18)11(7-16)8-17/h4-6,19H,3H2,1-2H3. The van der Waals surface area contributed by atoms with Crippen LogP contribution in [0.2, 0.25) is 0 Å². The number of nitrogens with one attached hydrogen (secondary N) is 1. The fourth-order valence-corrected chi connectivity index (χ4v) is 1.62. The number of para-hydroxylation sites is 1. The van der Waals surface area contributed by atoms with Crippen LogP contribution in [0.4, 0.5) is 5.69 Å². The second kappa shape index (κ2) is 7.33. The molecule has 6 nitrogen and oxygen atoms in total. The van der Waals surface area contributed by atoms with E-state index in [0.717, 1.165) is 0 Å². The van der Waals surface area contributed by atoms with E-state index in [0.29, 0.717) is 11.3 Å². The van der Waals surface area contributed by atoms with Crippen molar-refractivity contribution in [2.24, 2.45) is 0 Å². The first-order chi connectivity index (χ1) is 10.1. The van der Waals surface area contributed by atoms with Crippen LogP contribution in [0.25, 0.3) is 0 Å². The van der Waals surface area contributed by atoms with Gasteiger partial charge in [-0.2, -0.15) is 15.8 Å². The van der Waals surface area contributed by atoms with Crippen molar-refractivity contribution in [1.29, 1.82) is 15.8 Å². The molecular weight excluding hydrogens is 268 g/mol. The number of benzene rings is 1. The van der Waals surface area contributed by atoms with Crippen LogP contribution in [-0.2, 0) is 4.74 Å². The third-order valence-corrected chi connectivity index (χ3v) is 2.60. The Labute approximate surface area is 122 Å². The van der Waals surface area contributed by atoms with Crippen molar-refractivity contribution in [1.82, 2.24) is 0 Å². The predicted octanol–water partition coefficient (Wildman–Crippen LogP) is 2.41. The molecule has 1 N–H and O–H groups in total. The van der Waals surface area contributed by atoms with Crippen LogP contribution in [0.1, 0.15) is 22.8 Å². The molecule has 0 saturated heterocycles. The number of hydrogen-bond donors (Lipinski definition) is 1. The zero-order valence-corrected chi connectivity index (χ0v) is 11.6. The maximum absolute atomic E-state index is 11.9. The van der Waals surface area contributed by atoms with Crippen molar-refractivity contribution in [3.63, 3.8) is 0 Å². The van der Waals surface area contributed by atoms with Crippen molar-refractivity contribution in [3.05, 3.63) is 40.6 Å². The highest BCUT2D eigenvalue weighted by Crippen LogP contribution is 2.23. The van der Waals surface area contributed by atoms with E-state index < -0.39 is 5.97 Å². The number of ether oxygens (including phenoxy) is 1. The van der Waals surface area contributed by atoms with E-state index in [-0.39, 0.29) is 23.4 Å². The fourth-order valence-electron chi connectivity index (χ4n) is 1.62. The summed E-state index contributed by atoms with van der Waals surface area (Å²) in [6.07, 6.45) is 0. The molecule has 1 aromatic rings. The van der Waals surface area contributed by atoms with E-state index in [2.05, 4.69) is 5.32 Å². The predicted molar refractivity (Wildman–Crippen MR) is 74.6 cm³/mol. The summed E-state index contributed by atoms with van der Waals surface area (Å²) in [5, 5.41) is 29.4. The van der Waals surface area contributed by atoms with Crippen LogP contribution >= 0.6 is 0 Å². The minimum Gasteiger partial charge on any atom is -0.462 e. The minimum absolute atomic E-state index is 0.208. The first kappa shape index (κ1) is 15.8. The Morgan fingerprint density at radius 2 is 1.90 bits per heavy atom. The van der Waals surface area contributed by atoms with Gasteiger partial charge in [-0.25, -0.2) is 4.79 Å². The van der Waals surface area contributed by atoms with E-state index in [1.807, 2.05) is 0 Å². The van der Waals surface area contributed by atoms with Gasteiger partial charge in [0.2, 0.25) is 0 Å². The number of aryl methyl sites for hydroxylation is 1. The minimum atomic E-state index is -0.545. The molecule has 104 valence electrons. The first-order valence-electron chi connectivity index (χ1n) is 6.07. The molecule has 0 atom stereocenters. The van der Waals surface area contributed by atoms with Crippen LogP contribution in [0.15, 0.2) is 29.5 Å². The second-order valence-electron chi connectivity index (χ2n) is 3.93. The number of rotatable bonds is 4. The third-order valence-electron chi connectivity index (χ3n) is 2.60. The number of allylic oxidation sites excluding steroid dienone is 2. The Morgan fingerprint density at radius 3 is 2.43 bits per heavy atom. The molecule has 0 fully saturated rings. The van der Waals surface area contributed by atoms with Crippen molar-refractivity contribution < 1.29 is 9.53 Å². The Balaban J connectivity index is 3.36. The topological polar surface area (TPSA) is 110 Å². The van der Waals surface area contributed by atoms with Gasteiger partial charge in [0, 0.05) is 0 Å². The Kier molecular flexibility index (Phi) is 5.50. The number of carbonyl (C=O) groups is 1. The van der Waals surface area contributed by atoms with Gasteiger partial charge in [-0.3, -0.25) is 0 Å². The highest BCUT2D eigenvalue weighted by molar-refractivity contribution is 5.97. The average Bonchev–Trinajstić information content (AvgIpc) is 2.48. The van der Waals surface area contributed by atoms with E-state index in [9.17, 15) is 4.79 Å². The van der Waals surface area contributed by atoms with Crippen LogP contribution in [0.5, 0.6) is 0 Å². The van der Waals surface area contributed by atoms with Gasteiger partial charge in [0.1, 0.15) is 23.9 Å². The number of nitriles is 3. The molecule has 6 heteroatoms. The molecule has 21 heavy (non-hydrogen) atoms. The molecule has 0 bridgehead atoms. The van der Waals surface area contributed by atoms with Gasteiger partial charge in [-0.15, -0.1) is 0 Å². The molecule has 0 aliphatic carbocycles. The lowest BCUT2D eigenvalue weighted by Crippen LogP contribution is -2.11. The smallest absolute Gasteiger partial charge is 0.340 e. The molecule has 0 heterocycles. The molecule has 0 aliphatic rings. The summed E-state index contributed by atoms with van der Waals surface area (Å²) >= 11 is 0. The van der Waals surface area contributed by atoms with Gasteiger partial charge >= 0.3 is 5.97 Å². The highest BCUT2D eigenvalue weighted by atomic mass is 16.5. The molecule has 0 aliphatic heterocycles. The molecule has 0 radical (unpaired) electrons. The zero-order chi connectivity index (χ0) is 15.8. The highest BCUT2D eigenvalue weighted by Gasteiger charge is 2.16. The van der Waals surface area contributed by atoms with Gasteiger partial charge in [0.25, 0.3) is 0 Å². The number of nitrogens with zero attached hydrogens (tertiary/aromatic N) is 3. The normalized spacial score (nSPS) is 8.71. The maximum Gasteiger partial charge on any atom is 0.340 e. The lowest BCUT2D eigenvalue weighted by molar-refractivity contribution is 0.0527. The lowest BCUT2D eigenvalue weighted by Gasteiger charge is -2.13. The van der Waals surface area contributed by atoms with Crippen molar-refractivity contribution in [2.75, 3.05) is 11.9 Å². The summed E-state index contributed by atoms with van der Waals surface area (Å²) in [7, 11) is 0. The van der Waals surface area contributed by atoms with Gasteiger partial charge in [0.15, 0.2) is 5.57 Å². The summed E-state index contributed by atoms with van der Waals surface area (Å²) in [6.45, 7) is 3.64. The van der Waals surface area contributed by atoms with Crippen molar-refractivity contribution in [2.45, 2.75) is 13.8 Å². The second-order valence-corrected chi connectivity index (χ2v) is 3.93. The van der Waals surface area contributed by atoms with Gasteiger partial charge in [0.05, 0.1) is 17.9 Å². The summed E-state index contributed by atoms with van der Waals surface area (Å²) in [4.78, 5) is 11.9. The van der Waals surface area contributed by atoms with Gasteiger partial charge in [-0.1, -0.05) is 12.1 Å². The molecule has 0 saturated carbocycles. The monoisotopic (exact) mass is 280 g/mol. The molecular formula is C15H12N4O2. The Hall–Kier alpha value is -3.30. The summed E-state index contributed by atoms with van der Waals surface area (Å²) < 4.78 is 4.94. The molecule has 0 amide bonds. The van der Waals surface area contributed by atoms with Gasteiger partial charge in [-0.05, 0) is 25.5 Å². The van der Waals surface area contributed by atoms with Crippen LogP contribution in [0.3, 0.4) is 0 Å². The summed E-state index contributed by atoms with van der Waals surface area (Å²) in [5.41, 5.74) is 0.703. The SMILES string of the molecule is CCOC(=O)c1cccc(C)c1NC(C#N)=C(C#N)C#N. The Morgan fingerprint density at radius 1 is 1.24 bits per heavy atom. The van der Waals surface area contributed by atoms with Crippen molar-refractivity contribution in [3.8, 4) is 18.2 Å². The molecule has 0 unspecified atom stereocenters. The number of esters is 1. The molecule has 1 rings (SSSR count). The largest absolute Gasteiger partial charge is 0.462 e. The average molecular weight is 280 g/mol. The number of hydrogen-bond acceptors (Lipinski definition) is 6. The quantitative estimate of drug-likeness (QED) is 0.669. The number of anilines is 1. The molecule has 0 aromatic heterocycles. The van der Waals surface area contributed by atoms with E-state index >= 15 is 0 Å². The third kappa shape index (κ3) is 3.59. The first-order valence-corrected chi connectivity index (χ1v) is 6.07. The summed E-state index contributed by atoms with van der Waals surface area (Å²) in [5.74, 6) is -0.545. The fraction of sp³-hybridized carbons (Fsp3) is 0.200. The molecule has 1 aromatic carbocycles. The maximum atomic E-state index is 11.9. The van der Waals surface area contributed by atoms with E-state index in [4.69, 9.17) is 20.5 Å². The summed E-state index contributed by atoms with van der Waals surface area (Å²) in [6, 6.07) is 9.97. The van der Waals surface area contributed by atoms with E-state index in [1.165, 1.54) is 0 Å². The zero-order valence-electron chi connectivity index (χ0n) is 11.6. The Bertz CT molecular complexity index is 699. The lowest BCUT2D eigenvalue weighted by atomic mass is 10.1. The van der Waals surface area contributed by atoms with Crippen molar-refractivity contribution >= 4 is 11.7 Å². The van der Waals surface area contributed by atoms with Crippen LogP contribution in [0, 0.1) is 40.9 Å². The van der Waals surface area contributed by atoms with Gasteiger partial charge < -0.3 is 10.1 Å². The van der Waals surface area contributed by atoms with E-state index in [1.54, 1.807) is 50.3 Å².